The summed E-state index contributed by atoms with van der Waals surface area (Å²) >= 11 is 3.44. The van der Waals surface area contributed by atoms with E-state index in [2.05, 4.69) is 29.8 Å². The molecule has 0 spiro atoms. The SMILES string of the molecule is COc1ccc(CBr)cc1OCCCC(C)C. The maximum Gasteiger partial charge on any atom is 0.161 e. The van der Waals surface area contributed by atoms with Crippen LogP contribution in [0.3, 0.4) is 0 Å². The van der Waals surface area contributed by atoms with Gasteiger partial charge in [0.05, 0.1) is 13.7 Å². The van der Waals surface area contributed by atoms with E-state index in [1.54, 1.807) is 7.11 Å². The summed E-state index contributed by atoms with van der Waals surface area (Å²) < 4.78 is 11.1. The lowest BCUT2D eigenvalue weighted by Gasteiger charge is -2.12. The van der Waals surface area contributed by atoms with Gasteiger partial charge in [0.2, 0.25) is 0 Å². The van der Waals surface area contributed by atoms with Crippen molar-refractivity contribution in [2.24, 2.45) is 5.92 Å². The van der Waals surface area contributed by atoms with Crippen LogP contribution in [-0.2, 0) is 5.33 Å². The first-order chi connectivity index (χ1) is 8.17. The molecule has 0 N–H and O–H groups in total. The molecule has 0 radical (unpaired) electrons. The molecule has 0 heterocycles. The van der Waals surface area contributed by atoms with Crippen LogP contribution in [0, 0.1) is 5.92 Å². The van der Waals surface area contributed by atoms with Crippen LogP contribution >= 0.6 is 15.9 Å². The Bertz CT molecular complexity index is 337. The largest absolute Gasteiger partial charge is 0.493 e. The molecule has 0 unspecified atom stereocenters. The zero-order valence-electron chi connectivity index (χ0n) is 10.8. The van der Waals surface area contributed by atoms with Crippen LogP contribution in [0.15, 0.2) is 18.2 Å². The van der Waals surface area contributed by atoms with Gasteiger partial charge in [-0.2, -0.15) is 0 Å². The lowest BCUT2D eigenvalue weighted by Crippen LogP contribution is -2.01. The van der Waals surface area contributed by atoms with Crippen LogP contribution in [0.1, 0.15) is 32.3 Å². The summed E-state index contributed by atoms with van der Waals surface area (Å²) in [6, 6.07) is 6.02. The van der Waals surface area contributed by atoms with E-state index >= 15 is 0 Å². The molecule has 1 rings (SSSR count). The van der Waals surface area contributed by atoms with Crippen molar-refractivity contribution in [3.05, 3.63) is 23.8 Å². The lowest BCUT2D eigenvalue weighted by molar-refractivity contribution is 0.279. The Kier molecular flexibility index (Phi) is 6.41. The highest BCUT2D eigenvalue weighted by molar-refractivity contribution is 9.08. The molecule has 96 valence electrons. The van der Waals surface area contributed by atoms with Crippen molar-refractivity contribution in [2.45, 2.75) is 32.0 Å². The summed E-state index contributed by atoms with van der Waals surface area (Å²) in [5, 5.41) is 0.833. The number of halogens is 1. The molecular weight excluding hydrogens is 280 g/mol. The molecule has 1 aromatic carbocycles. The number of hydrogen-bond donors (Lipinski definition) is 0. The predicted molar refractivity (Wildman–Crippen MR) is 75.2 cm³/mol. The van der Waals surface area contributed by atoms with Gasteiger partial charge in [0, 0.05) is 5.33 Å². The molecule has 3 heteroatoms. The fourth-order valence-electron chi connectivity index (χ4n) is 1.59. The molecule has 0 aromatic heterocycles. The molecule has 0 bridgehead atoms. The Hall–Kier alpha value is -0.700. The smallest absolute Gasteiger partial charge is 0.161 e. The Morgan fingerprint density at radius 2 is 2.00 bits per heavy atom. The van der Waals surface area contributed by atoms with E-state index < -0.39 is 0 Å². The van der Waals surface area contributed by atoms with Gasteiger partial charge in [-0.15, -0.1) is 0 Å². The second-order valence-electron chi connectivity index (χ2n) is 4.50. The molecule has 0 amide bonds. The van der Waals surface area contributed by atoms with Crippen molar-refractivity contribution in [3.63, 3.8) is 0 Å². The standard InChI is InChI=1S/C14H21BrO2/c1-11(2)5-4-8-17-14-9-12(10-15)6-7-13(14)16-3/h6-7,9,11H,4-5,8,10H2,1-3H3. The number of hydrogen-bond acceptors (Lipinski definition) is 2. The minimum absolute atomic E-state index is 0.731. The molecule has 0 saturated carbocycles. The van der Waals surface area contributed by atoms with Gasteiger partial charge in [0.15, 0.2) is 11.5 Å². The normalized spacial score (nSPS) is 10.6. The average molecular weight is 301 g/mol. The summed E-state index contributed by atoms with van der Waals surface area (Å²) in [4.78, 5) is 0. The van der Waals surface area contributed by atoms with Crippen molar-refractivity contribution >= 4 is 15.9 Å². The molecule has 0 fully saturated rings. The van der Waals surface area contributed by atoms with E-state index in [0.717, 1.165) is 35.8 Å². The molecule has 0 atom stereocenters. The van der Waals surface area contributed by atoms with Gasteiger partial charge >= 0.3 is 0 Å². The second kappa shape index (κ2) is 7.59. The third kappa shape index (κ3) is 4.99. The lowest BCUT2D eigenvalue weighted by atomic mass is 10.1. The number of methoxy groups -OCH3 is 1. The highest BCUT2D eigenvalue weighted by atomic mass is 79.9. The zero-order chi connectivity index (χ0) is 12.7. The molecule has 0 aliphatic rings. The first kappa shape index (κ1) is 14.4. The summed E-state index contributed by atoms with van der Waals surface area (Å²) in [5.41, 5.74) is 1.20. The van der Waals surface area contributed by atoms with Gasteiger partial charge in [-0.25, -0.2) is 0 Å². The molecule has 17 heavy (non-hydrogen) atoms. The number of rotatable bonds is 7. The maximum absolute atomic E-state index is 5.78. The van der Waals surface area contributed by atoms with Gasteiger partial charge in [-0.05, 0) is 36.5 Å². The van der Waals surface area contributed by atoms with Crippen LogP contribution in [0.2, 0.25) is 0 Å². The Morgan fingerprint density at radius 3 is 2.59 bits per heavy atom. The van der Waals surface area contributed by atoms with Gasteiger partial charge < -0.3 is 9.47 Å². The highest BCUT2D eigenvalue weighted by Crippen LogP contribution is 2.29. The Balaban J connectivity index is 2.55. The van der Waals surface area contributed by atoms with E-state index in [1.807, 2.05) is 18.2 Å². The van der Waals surface area contributed by atoms with Gasteiger partial charge in [-0.1, -0.05) is 35.8 Å². The van der Waals surface area contributed by atoms with E-state index in [0.29, 0.717) is 0 Å². The third-order valence-corrected chi connectivity index (χ3v) is 3.21. The number of benzene rings is 1. The van der Waals surface area contributed by atoms with Crippen molar-refractivity contribution < 1.29 is 9.47 Å². The van der Waals surface area contributed by atoms with Crippen LogP contribution < -0.4 is 9.47 Å². The van der Waals surface area contributed by atoms with Gasteiger partial charge in [0.25, 0.3) is 0 Å². The summed E-state index contributed by atoms with van der Waals surface area (Å²) in [6.45, 7) is 5.21. The summed E-state index contributed by atoms with van der Waals surface area (Å²) in [6.07, 6.45) is 2.28. The number of alkyl halides is 1. The summed E-state index contributed by atoms with van der Waals surface area (Å²) in [5.74, 6) is 2.38. The molecule has 2 nitrogen and oxygen atoms in total. The van der Waals surface area contributed by atoms with E-state index in [4.69, 9.17) is 9.47 Å². The van der Waals surface area contributed by atoms with Crippen LogP contribution in [0.4, 0.5) is 0 Å². The molecule has 0 aliphatic carbocycles. The Morgan fingerprint density at radius 1 is 1.24 bits per heavy atom. The third-order valence-electron chi connectivity index (χ3n) is 2.57. The van der Waals surface area contributed by atoms with Crippen molar-refractivity contribution in [1.82, 2.24) is 0 Å². The van der Waals surface area contributed by atoms with E-state index in [-0.39, 0.29) is 0 Å². The monoisotopic (exact) mass is 300 g/mol. The van der Waals surface area contributed by atoms with Crippen LogP contribution in [0.5, 0.6) is 11.5 Å². The topological polar surface area (TPSA) is 18.5 Å². The fraction of sp³-hybridized carbons (Fsp3) is 0.571. The van der Waals surface area contributed by atoms with Gasteiger partial charge in [-0.3, -0.25) is 0 Å². The maximum atomic E-state index is 5.78. The number of ether oxygens (including phenoxy) is 2. The fourth-order valence-corrected chi connectivity index (χ4v) is 1.94. The summed E-state index contributed by atoms with van der Waals surface area (Å²) in [7, 11) is 1.67. The van der Waals surface area contributed by atoms with Crippen LogP contribution in [-0.4, -0.2) is 13.7 Å². The minimum Gasteiger partial charge on any atom is -0.493 e. The Labute approximate surface area is 112 Å². The minimum atomic E-state index is 0.731. The zero-order valence-corrected chi connectivity index (χ0v) is 12.4. The predicted octanol–water partition coefficient (Wildman–Crippen LogP) is 4.41. The second-order valence-corrected chi connectivity index (χ2v) is 5.06. The molecule has 0 saturated heterocycles. The van der Waals surface area contributed by atoms with Crippen LogP contribution in [0.25, 0.3) is 0 Å². The first-order valence-corrected chi connectivity index (χ1v) is 7.15. The molecular formula is C14H21BrO2. The molecule has 0 aliphatic heterocycles. The molecule has 1 aromatic rings. The quantitative estimate of drug-likeness (QED) is 0.549. The highest BCUT2D eigenvalue weighted by Gasteiger charge is 2.05. The van der Waals surface area contributed by atoms with Crippen molar-refractivity contribution in [3.8, 4) is 11.5 Å². The van der Waals surface area contributed by atoms with E-state index in [9.17, 15) is 0 Å². The first-order valence-electron chi connectivity index (χ1n) is 6.03. The van der Waals surface area contributed by atoms with Gasteiger partial charge in [0.1, 0.15) is 0 Å². The van der Waals surface area contributed by atoms with E-state index in [1.165, 1.54) is 12.0 Å². The van der Waals surface area contributed by atoms with Crippen molar-refractivity contribution in [2.75, 3.05) is 13.7 Å². The van der Waals surface area contributed by atoms with Crippen molar-refractivity contribution in [1.29, 1.82) is 0 Å². The average Bonchev–Trinajstić information content (AvgIpc) is 2.34.